The van der Waals surface area contributed by atoms with E-state index in [1.54, 1.807) is 20.4 Å². The summed E-state index contributed by atoms with van der Waals surface area (Å²) >= 11 is 1.07. The van der Waals surface area contributed by atoms with Crippen LogP contribution < -0.4 is 0 Å². The standard InChI is InChI=1S/C8H15N3O4S/c1-10(2)7(13)6(16-4)9-15-8(14)11(3)5-12/h12H,5H2,1-4H3/b9-6-. The molecule has 0 unspecified atom stereocenters. The van der Waals surface area contributed by atoms with Gasteiger partial charge >= 0.3 is 6.09 Å². The van der Waals surface area contributed by atoms with Crippen molar-refractivity contribution in [2.45, 2.75) is 0 Å². The third-order valence-electron chi connectivity index (χ3n) is 1.51. The van der Waals surface area contributed by atoms with E-state index in [0.29, 0.717) is 0 Å². The van der Waals surface area contributed by atoms with Crippen molar-refractivity contribution in [1.29, 1.82) is 0 Å². The molecule has 0 aromatic rings. The normalized spacial score (nSPS) is 10.9. The molecule has 0 saturated carbocycles. The molecule has 0 radical (unpaired) electrons. The first-order valence-corrected chi connectivity index (χ1v) is 5.53. The fourth-order valence-corrected chi connectivity index (χ4v) is 1.03. The first-order valence-electron chi connectivity index (χ1n) is 4.30. The molecule has 0 fully saturated rings. The van der Waals surface area contributed by atoms with Gasteiger partial charge in [-0.3, -0.25) is 14.5 Å². The predicted octanol–water partition coefficient (Wildman–Crippen LogP) is -0.231. The zero-order chi connectivity index (χ0) is 12.7. The van der Waals surface area contributed by atoms with Crippen LogP contribution >= 0.6 is 11.8 Å². The van der Waals surface area contributed by atoms with E-state index in [1.807, 2.05) is 0 Å². The summed E-state index contributed by atoms with van der Waals surface area (Å²) in [6.45, 7) is -0.482. The molecule has 0 aromatic carbocycles. The van der Waals surface area contributed by atoms with Crippen molar-refractivity contribution in [3.05, 3.63) is 0 Å². The summed E-state index contributed by atoms with van der Waals surface area (Å²) in [5, 5.41) is 12.1. The number of nitrogens with zero attached hydrogens (tertiary/aromatic N) is 3. The Morgan fingerprint density at radius 2 is 1.94 bits per heavy atom. The molecule has 0 atom stereocenters. The summed E-state index contributed by atoms with van der Waals surface area (Å²) in [6.07, 6.45) is 0.810. The Bertz CT molecular complexity index is 293. The summed E-state index contributed by atoms with van der Waals surface area (Å²) in [4.78, 5) is 29.2. The van der Waals surface area contributed by atoms with Gasteiger partial charge in [-0.2, -0.15) is 0 Å². The third kappa shape index (κ3) is 4.49. The number of amides is 2. The molecule has 0 aromatic heterocycles. The van der Waals surface area contributed by atoms with Crippen molar-refractivity contribution in [1.82, 2.24) is 9.80 Å². The topological polar surface area (TPSA) is 82.4 Å². The van der Waals surface area contributed by atoms with Crippen molar-refractivity contribution in [2.75, 3.05) is 34.1 Å². The lowest BCUT2D eigenvalue weighted by atomic mass is 10.6. The minimum absolute atomic E-state index is 0.0599. The molecule has 0 rings (SSSR count). The van der Waals surface area contributed by atoms with Crippen molar-refractivity contribution in [2.24, 2.45) is 5.16 Å². The predicted molar refractivity (Wildman–Crippen MR) is 61.0 cm³/mol. The molecule has 7 nitrogen and oxygen atoms in total. The number of carbonyl (C=O) groups excluding carboxylic acids is 2. The largest absolute Gasteiger partial charge is 0.437 e. The smallest absolute Gasteiger partial charge is 0.376 e. The highest BCUT2D eigenvalue weighted by Crippen LogP contribution is 2.03. The van der Waals surface area contributed by atoms with Gasteiger partial charge in [0.1, 0.15) is 6.73 Å². The molecule has 1 N–H and O–H groups in total. The number of hydrogen-bond donors (Lipinski definition) is 1. The van der Waals surface area contributed by atoms with Crippen LogP contribution in [0.4, 0.5) is 4.79 Å². The van der Waals surface area contributed by atoms with Gasteiger partial charge in [-0.15, -0.1) is 11.8 Å². The second-order valence-electron chi connectivity index (χ2n) is 3.00. The molecular formula is C8H15N3O4S. The van der Waals surface area contributed by atoms with Crippen molar-refractivity contribution in [3.63, 3.8) is 0 Å². The van der Waals surface area contributed by atoms with Crippen LogP contribution in [0.25, 0.3) is 0 Å². The average molecular weight is 249 g/mol. The quantitative estimate of drug-likeness (QED) is 0.240. The molecule has 0 aliphatic heterocycles. The van der Waals surface area contributed by atoms with E-state index in [-0.39, 0.29) is 11.0 Å². The Balaban J connectivity index is 4.50. The van der Waals surface area contributed by atoms with Gasteiger partial charge in [-0.05, 0) is 6.26 Å². The van der Waals surface area contributed by atoms with E-state index < -0.39 is 12.8 Å². The molecule has 0 aliphatic rings. The van der Waals surface area contributed by atoms with Crippen LogP contribution in [0.1, 0.15) is 0 Å². The van der Waals surface area contributed by atoms with Gasteiger partial charge in [-0.1, -0.05) is 5.16 Å². The number of oxime groups is 1. The monoisotopic (exact) mass is 249 g/mol. The Labute approximate surface area is 98.0 Å². The maximum Gasteiger partial charge on any atom is 0.437 e. The van der Waals surface area contributed by atoms with E-state index in [1.165, 1.54) is 11.9 Å². The first-order chi connectivity index (χ1) is 7.43. The molecule has 92 valence electrons. The van der Waals surface area contributed by atoms with Gasteiger partial charge in [0, 0.05) is 21.1 Å². The molecule has 8 heteroatoms. The van der Waals surface area contributed by atoms with E-state index in [4.69, 9.17) is 5.11 Å². The Kier molecular flexibility index (Phi) is 6.50. The van der Waals surface area contributed by atoms with Gasteiger partial charge in [0.15, 0.2) is 0 Å². The van der Waals surface area contributed by atoms with Crippen LogP contribution in [0.3, 0.4) is 0 Å². The van der Waals surface area contributed by atoms with Crippen LogP contribution in [0.5, 0.6) is 0 Å². The zero-order valence-corrected chi connectivity index (χ0v) is 10.4. The molecule has 0 heterocycles. The summed E-state index contributed by atoms with van der Waals surface area (Å²) in [7, 11) is 4.47. The Morgan fingerprint density at radius 1 is 1.38 bits per heavy atom. The second kappa shape index (κ2) is 7.07. The highest BCUT2D eigenvalue weighted by atomic mass is 32.2. The maximum atomic E-state index is 11.4. The van der Waals surface area contributed by atoms with Gasteiger partial charge in [0.2, 0.25) is 5.04 Å². The number of carbonyl (C=O) groups is 2. The number of thioether (sulfide) groups is 1. The van der Waals surface area contributed by atoms with E-state index >= 15 is 0 Å². The van der Waals surface area contributed by atoms with E-state index in [0.717, 1.165) is 16.7 Å². The highest BCUT2D eigenvalue weighted by molar-refractivity contribution is 8.15. The Hall–Kier alpha value is -1.28. The van der Waals surface area contributed by atoms with Crippen LogP contribution in [-0.4, -0.2) is 66.1 Å². The van der Waals surface area contributed by atoms with Gasteiger partial charge in [0.25, 0.3) is 5.91 Å². The lowest BCUT2D eigenvalue weighted by Gasteiger charge is -2.12. The molecule has 0 aliphatic carbocycles. The van der Waals surface area contributed by atoms with E-state index in [2.05, 4.69) is 9.99 Å². The minimum Gasteiger partial charge on any atom is -0.376 e. The lowest BCUT2D eigenvalue weighted by molar-refractivity contribution is -0.121. The van der Waals surface area contributed by atoms with Gasteiger partial charge in [0.05, 0.1) is 0 Å². The molecule has 0 spiro atoms. The van der Waals surface area contributed by atoms with Crippen LogP contribution in [0, 0.1) is 0 Å². The van der Waals surface area contributed by atoms with Gasteiger partial charge < -0.3 is 10.0 Å². The first kappa shape index (κ1) is 14.7. The zero-order valence-electron chi connectivity index (χ0n) is 9.63. The van der Waals surface area contributed by atoms with Crippen LogP contribution in [0.15, 0.2) is 5.16 Å². The van der Waals surface area contributed by atoms with Gasteiger partial charge in [-0.25, -0.2) is 4.79 Å². The van der Waals surface area contributed by atoms with Crippen molar-refractivity contribution >= 4 is 28.8 Å². The lowest BCUT2D eigenvalue weighted by Crippen LogP contribution is -2.30. The van der Waals surface area contributed by atoms with Crippen LogP contribution in [-0.2, 0) is 9.63 Å². The molecule has 2 amide bonds. The molecule has 16 heavy (non-hydrogen) atoms. The fourth-order valence-electron chi connectivity index (χ4n) is 0.563. The SMILES string of the molecule is CS/C(=N\OC(=O)N(C)CO)C(=O)N(C)C. The summed E-state index contributed by atoms with van der Waals surface area (Å²) in [5.74, 6) is -0.355. The number of rotatable bonds is 2. The minimum atomic E-state index is -0.833. The third-order valence-corrected chi connectivity index (χ3v) is 2.15. The molecule has 0 saturated heterocycles. The average Bonchev–Trinajstić information content (AvgIpc) is 2.27. The summed E-state index contributed by atoms with van der Waals surface area (Å²) in [6, 6.07) is 0. The second-order valence-corrected chi connectivity index (χ2v) is 3.79. The Morgan fingerprint density at radius 3 is 2.31 bits per heavy atom. The number of aliphatic hydroxyl groups excluding tert-OH is 1. The summed E-state index contributed by atoms with van der Waals surface area (Å²) < 4.78 is 0. The fraction of sp³-hybridized carbons (Fsp3) is 0.625. The van der Waals surface area contributed by atoms with Crippen LogP contribution in [0.2, 0.25) is 0 Å². The number of hydrogen-bond acceptors (Lipinski definition) is 6. The maximum absolute atomic E-state index is 11.4. The number of aliphatic hydroxyl groups is 1. The summed E-state index contributed by atoms with van der Waals surface area (Å²) in [5.41, 5.74) is 0. The molecular weight excluding hydrogens is 234 g/mol. The molecule has 0 bridgehead atoms. The highest BCUT2D eigenvalue weighted by Gasteiger charge is 2.15. The van der Waals surface area contributed by atoms with E-state index in [9.17, 15) is 9.59 Å². The van der Waals surface area contributed by atoms with Crippen molar-refractivity contribution < 1.29 is 19.5 Å². The van der Waals surface area contributed by atoms with Crippen molar-refractivity contribution in [3.8, 4) is 0 Å².